The molecule has 228 valence electrons. The molecule has 3 aliphatic carbocycles. The molecule has 0 unspecified atom stereocenters. The molecule has 6 rings (SSSR count). The number of Topliss-reactive ketones (excluding diaryl/α,β-unsaturated/α-hetero) is 2. The van der Waals surface area contributed by atoms with Gasteiger partial charge in [0.2, 0.25) is 5.78 Å². The number of fused-ring (bicyclic) bond motifs is 3. The summed E-state index contributed by atoms with van der Waals surface area (Å²) in [4.78, 5) is 45.5. The number of nitrogens with two attached hydrogens (primary N) is 1. The monoisotopic (exact) mass is 592 g/mol. The molecule has 6 N–H and O–H groups in total. The van der Waals surface area contributed by atoms with Gasteiger partial charge < -0.3 is 35.5 Å². The molecule has 43 heavy (non-hydrogen) atoms. The zero-order valence-corrected chi connectivity index (χ0v) is 24.3. The van der Waals surface area contributed by atoms with Crippen LogP contribution in [-0.4, -0.2) is 112 Å². The van der Waals surface area contributed by atoms with Crippen LogP contribution < -0.4 is 5.73 Å². The van der Waals surface area contributed by atoms with Gasteiger partial charge in [-0.3, -0.25) is 24.2 Å². The Hall–Kier alpha value is -3.97. The molecule has 1 aromatic carbocycles. The number of rotatable bonds is 5. The third-order valence-electron chi connectivity index (χ3n) is 9.51. The summed E-state index contributed by atoms with van der Waals surface area (Å²) in [6.07, 6.45) is 0.209. The topological polar surface area (TPSA) is 181 Å². The van der Waals surface area contributed by atoms with Crippen molar-refractivity contribution in [1.82, 2.24) is 14.7 Å². The third kappa shape index (κ3) is 4.39. The summed E-state index contributed by atoms with van der Waals surface area (Å²) in [7, 11) is 5.23. The fourth-order valence-corrected chi connectivity index (χ4v) is 7.31. The van der Waals surface area contributed by atoms with Crippen molar-refractivity contribution in [2.75, 3.05) is 47.3 Å². The van der Waals surface area contributed by atoms with Crippen LogP contribution in [0, 0.1) is 11.8 Å². The summed E-state index contributed by atoms with van der Waals surface area (Å²) in [5, 5.41) is 45.1. The smallest absolute Gasteiger partial charge is 0.255 e. The maximum absolute atomic E-state index is 14.0. The highest BCUT2D eigenvalue weighted by Gasteiger charge is 2.64. The van der Waals surface area contributed by atoms with E-state index < -0.39 is 58.0 Å². The summed E-state index contributed by atoms with van der Waals surface area (Å²) in [6, 6.07) is 5.72. The van der Waals surface area contributed by atoms with E-state index in [4.69, 9.17) is 10.2 Å². The first-order chi connectivity index (χ1) is 20.3. The average Bonchev–Trinajstić information content (AvgIpc) is 3.40. The van der Waals surface area contributed by atoms with E-state index in [1.807, 2.05) is 12.1 Å². The van der Waals surface area contributed by atoms with Crippen LogP contribution in [0.5, 0.6) is 5.75 Å². The van der Waals surface area contributed by atoms with Crippen LogP contribution in [0.3, 0.4) is 0 Å². The molecule has 1 aliphatic heterocycles. The Morgan fingerprint density at radius 3 is 2.44 bits per heavy atom. The second kappa shape index (κ2) is 10.3. The lowest BCUT2D eigenvalue weighted by atomic mass is 9.57. The van der Waals surface area contributed by atoms with E-state index in [1.54, 1.807) is 20.2 Å². The maximum Gasteiger partial charge on any atom is 0.255 e. The molecule has 1 amide bonds. The lowest BCUT2D eigenvalue weighted by Crippen LogP contribution is -2.65. The molecule has 12 heteroatoms. The molecule has 2 aromatic rings. The first kappa shape index (κ1) is 29.1. The number of hydrogen-bond acceptors (Lipinski definition) is 11. The van der Waals surface area contributed by atoms with Gasteiger partial charge in [-0.1, -0.05) is 0 Å². The SMILES string of the molecule is CN1CCN(Cc2ccc(-c3ccc(O)c4c3C[C@H]3C[C@H]5[C@@H](N(C)C)C(=O)C(C(N)=O)=C(O)[C@@]5(O)C(=O)C3=C4O)o2)CC1. The largest absolute Gasteiger partial charge is 0.508 e. The lowest BCUT2D eigenvalue weighted by molar-refractivity contribution is -0.153. The second-order valence-electron chi connectivity index (χ2n) is 12.3. The van der Waals surface area contributed by atoms with Crippen molar-refractivity contribution in [3.63, 3.8) is 0 Å². The first-order valence-electron chi connectivity index (χ1n) is 14.3. The zero-order valence-electron chi connectivity index (χ0n) is 24.3. The second-order valence-corrected chi connectivity index (χ2v) is 12.3. The number of furan rings is 1. The number of benzene rings is 1. The fraction of sp³-hybridized carbons (Fsp3) is 0.452. The van der Waals surface area contributed by atoms with Crippen molar-refractivity contribution in [2.24, 2.45) is 17.6 Å². The Morgan fingerprint density at radius 1 is 1.09 bits per heavy atom. The molecule has 4 atom stereocenters. The maximum atomic E-state index is 14.0. The first-order valence-corrected chi connectivity index (χ1v) is 14.3. The summed E-state index contributed by atoms with van der Waals surface area (Å²) < 4.78 is 6.23. The molecule has 12 nitrogen and oxygen atoms in total. The third-order valence-corrected chi connectivity index (χ3v) is 9.51. The molecule has 0 bridgehead atoms. The molecule has 2 heterocycles. The lowest BCUT2D eigenvalue weighted by Gasteiger charge is -2.50. The molecule has 1 saturated carbocycles. The van der Waals surface area contributed by atoms with Gasteiger partial charge in [0.1, 0.15) is 34.4 Å². The van der Waals surface area contributed by atoms with E-state index in [9.17, 15) is 34.8 Å². The van der Waals surface area contributed by atoms with Crippen molar-refractivity contribution >= 4 is 23.2 Å². The van der Waals surface area contributed by atoms with E-state index in [1.165, 1.54) is 11.0 Å². The zero-order chi connectivity index (χ0) is 31.0. The van der Waals surface area contributed by atoms with Crippen LogP contribution in [0.1, 0.15) is 23.3 Å². The van der Waals surface area contributed by atoms with Gasteiger partial charge in [0.05, 0.1) is 18.2 Å². The van der Waals surface area contributed by atoms with E-state index >= 15 is 0 Å². The number of aromatic hydroxyl groups is 1. The quantitative estimate of drug-likeness (QED) is 0.312. The molecule has 4 aliphatic rings. The molecule has 2 fully saturated rings. The summed E-state index contributed by atoms with van der Waals surface area (Å²) in [5.41, 5.74) is 2.93. The van der Waals surface area contributed by atoms with E-state index in [0.717, 1.165) is 31.9 Å². The van der Waals surface area contributed by atoms with Crippen molar-refractivity contribution in [1.29, 1.82) is 0 Å². The highest BCUT2D eigenvalue weighted by molar-refractivity contribution is 6.24. The van der Waals surface area contributed by atoms with Crippen LogP contribution in [0.15, 0.2) is 45.6 Å². The highest BCUT2D eigenvalue weighted by Crippen LogP contribution is 2.53. The average molecular weight is 593 g/mol. The van der Waals surface area contributed by atoms with Crippen molar-refractivity contribution in [3.05, 3.63) is 58.1 Å². The van der Waals surface area contributed by atoms with Gasteiger partial charge in [0.15, 0.2) is 11.4 Å². The molecule has 1 saturated heterocycles. The summed E-state index contributed by atoms with van der Waals surface area (Å²) in [6.45, 7) is 4.44. The van der Waals surface area contributed by atoms with Crippen LogP contribution in [0.4, 0.5) is 0 Å². The van der Waals surface area contributed by atoms with E-state index in [2.05, 4.69) is 16.8 Å². The van der Waals surface area contributed by atoms with Gasteiger partial charge in [-0.2, -0.15) is 0 Å². The number of primary amides is 1. The Bertz CT molecular complexity index is 1600. The van der Waals surface area contributed by atoms with Gasteiger partial charge in [-0.05, 0) is 69.7 Å². The normalized spacial score (nSPS) is 28.3. The predicted octanol–water partition coefficient (Wildman–Crippen LogP) is 0.971. The predicted molar refractivity (Wildman–Crippen MR) is 155 cm³/mol. The number of hydrogen-bond donors (Lipinski definition) is 5. The molecule has 0 spiro atoms. The number of carbonyl (C=O) groups is 3. The van der Waals surface area contributed by atoms with Crippen LogP contribution >= 0.6 is 0 Å². The Kier molecular flexibility index (Phi) is 7.00. The molecular formula is C31H36N4O8. The van der Waals surface area contributed by atoms with Gasteiger partial charge in [0.25, 0.3) is 5.91 Å². The van der Waals surface area contributed by atoms with Gasteiger partial charge in [0, 0.05) is 43.2 Å². The Balaban J connectivity index is 1.42. The summed E-state index contributed by atoms with van der Waals surface area (Å²) >= 11 is 0. The van der Waals surface area contributed by atoms with Gasteiger partial charge in [-0.25, -0.2) is 0 Å². The van der Waals surface area contributed by atoms with Gasteiger partial charge >= 0.3 is 0 Å². The van der Waals surface area contributed by atoms with Crippen molar-refractivity contribution in [3.8, 4) is 17.1 Å². The minimum atomic E-state index is -2.67. The van der Waals surface area contributed by atoms with E-state index in [0.29, 0.717) is 23.4 Å². The minimum absolute atomic E-state index is 0.0215. The number of piperazine rings is 1. The number of likely N-dealkylation sites (N-methyl/N-ethyl adjacent to an activating group) is 2. The number of nitrogens with zero attached hydrogens (tertiary/aromatic N) is 3. The number of aliphatic hydroxyl groups excluding tert-OH is 2. The highest BCUT2D eigenvalue weighted by atomic mass is 16.4. The van der Waals surface area contributed by atoms with Gasteiger partial charge in [-0.15, -0.1) is 0 Å². The van der Waals surface area contributed by atoms with E-state index in [-0.39, 0.29) is 29.7 Å². The Labute approximate surface area is 248 Å². The number of phenolic OH excluding ortho intramolecular Hbond substituents is 1. The van der Waals surface area contributed by atoms with Crippen LogP contribution in [0.25, 0.3) is 17.1 Å². The fourth-order valence-electron chi connectivity index (χ4n) is 7.31. The molecule has 1 aromatic heterocycles. The number of ketones is 2. The molecular weight excluding hydrogens is 556 g/mol. The standard InChI is InChI=1S/C31H36N4O8/c1-33(2)25-19-13-15-12-18-17(21-7-4-16(43-21)14-35-10-8-34(3)9-11-35)5-6-20(36)23(18)26(37)22(15)28(39)31(19,42)29(40)24(27(25)38)30(32)41/h4-7,15,19,25,36-37,40,42H,8-14H2,1-3H3,(H2,32,41)/t15-,19-,25+,31-/m0/s1. The van der Waals surface area contributed by atoms with Crippen LogP contribution in [0.2, 0.25) is 0 Å². The van der Waals surface area contributed by atoms with Crippen molar-refractivity contribution in [2.45, 2.75) is 31.0 Å². The number of carbonyl (C=O) groups excluding carboxylic acids is 3. The van der Waals surface area contributed by atoms with Crippen LogP contribution in [-0.2, 0) is 27.3 Å². The number of aliphatic hydroxyl groups is 3. The molecule has 0 radical (unpaired) electrons. The Morgan fingerprint density at radius 2 is 1.79 bits per heavy atom. The number of phenols is 1. The van der Waals surface area contributed by atoms with Crippen molar-refractivity contribution < 1.29 is 39.2 Å². The minimum Gasteiger partial charge on any atom is -0.508 e. The summed E-state index contributed by atoms with van der Waals surface area (Å²) in [5.74, 6) is -5.47. The number of amides is 1.